The molecule has 0 radical (unpaired) electrons. The number of carbonyl (C=O) groups excluding carboxylic acids is 1. The molecule has 0 spiro atoms. The molecule has 0 aliphatic carbocycles. The minimum atomic E-state index is -0.739. The number of rotatable bonds is 7. The van der Waals surface area contributed by atoms with Gasteiger partial charge in [-0.25, -0.2) is 0 Å². The van der Waals surface area contributed by atoms with Crippen LogP contribution in [0.15, 0.2) is 71.7 Å². The van der Waals surface area contributed by atoms with E-state index in [1.165, 1.54) is 0 Å². The predicted molar refractivity (Wildman–Crippen MR) is 124 cm³/mol. The van der Waals surface area contributed by atoms with Crippen LogP contribution in [0.5, 0.6) is 11.5 Å². The third kappa shape index (κ3) is 4.36. The van der Waals surface area contributed by atoms with Crippen LogP contribution in [0.2, 0.25) is 0 Å². The summed E-state index contributed by atoms with van der Waals surface area (Å²) in [6.07, 6.45) is 1.59. The quantitative estimate of drug-likeness (QED) is 0.453. The summed E-state index contributed by atoms with van der Waals surface area (Å²) in [5, 5.41) is 13.8. The van der Waals surface area contributed by atoms with Gasteiger partial charge in [0.05, 0.1) is 24.5 Å². The Balaban J connectivity index is 1.86. The number of pyridine rings is 2. The molecule has 0 aliphatic rings. The maximum absolute atomic E-state index is 13.2. The van der Waals surface area contributed by atoms with Gasteiger partial charge >= 0.3 is 0 Å². The number of benzene rings is 2. The maximum Gasteiger partial charge on any atom is 0.300 e. The van der Waals surface area contributed by atoms with Gasteiger partial charge in [0.15, 0.2) is 0 Å². The van der Waals surface area contributed by atoms with Crippen LogP contribution in [0, 0.1) is 0 Å². The molecule has 0 fully saturated rings. The number of nitrogens with one attached hydrogen (secondary N) is 1. The highest BCUT2D eigenvalue weighted by molar-refractivity contribution is 6.03. The van der Waals surface area contributed by atoms with Gasteiger partial charge in [-0.1, -0.05) is 36.4 Å². The Kier molecular flexibility index (Phi) is 6.26. The van der Waals surface area contributed by atoms with Crippen molar-refractivity contribution in [1.82, 2.24) is 15.0 Å². The van der Waals surface area contributed by atoms with Crippen LogP contribution in [0.1, 0.15) is 22.8 Å². The van der Waals surface area contributed by atoms with Gasteiger partial charge < -0.3 is 20.0 Å². The fourth-order valence-electron chi connectivity index (χ4n) is 3.48. The van der Waals surface area contributed by atoms with Gasteiger partial charge in [0.2, 0.25) is 0 Å². The number of aromatic hydroxyl groups is 1. The first kappa shape index (κ1) is 21.9. The van der Waals surface area contributed by atoms with Crippen LogP contribution in [0.3, 0.4) is 0 Å². The Morgan fingerprint density at radius 3 is 2.58 bits per heavy atom. The second kappa shape index (κ2) is 9.44. The minimum absolute atomic E-state index is 0.108. The minimum Gasteiger partial charge on any atom is -0.506 e. The number of carbonyl (C=O) groups is 1. The van der Waals surface area contributed by atoms with Crippen molar-refractivity contribution in [2.24, 2.45) is 0 Å². The summed E-state index contributed by atoms with van der Waals surface area (Å²) in [6, 6.07) is 18.0. The molecule has 0 atom stereocenters. The molecule has 168 valence electrons. The van der Waals surface area contributed by atoms with Crippen LogP contribution in [-0.4, -0.2) is 34.4 Å². The zero-order chi connectivity index (χ0) is 23.4. The van der Waals surface area contributed by atoms with Crippen molar-refractivity contribution in [3.8, 4) is 22.8 Å². The number of hydrogen-bond acceptors (Lipinski definition) is 6. The van der Waals surface area contributed by atoms with Crippen molar-refractivity contribution in [2.45, 2.75) is 13.5 Å². The molecule has 8 nitrogen and oxygen atoms in total. The third-order valence-corrected chi connectivity index (χ3v) is 5.14. The highest BCUT2D eigenvalue weighted by Crippen LogP contribution is 2.30. The average Bonchev–Trinajstić information content (AvgIpc) is 2.85. The van der Waals surface area contributed by atoms with Gasteiger partial charge in [0.25, 0.3) is 11.5 Å². The van der Waals surface area contributed by atoms with Crippen molar-refractivity contribution in [3.63, 3.8) is 0 Å². The average molecular weight is 445 g/mol. The number of ether oxygens (including phenoxy) is 1. The van der Waals surface area contributed by atoms with Crippen molar-refractivity contribution in [2.75, 3.05) is 13.7 Å². The molecule has 0 saturated heterocycles. The first-order chi connectivity index (χ1) is 16.0. The smallest absolute Gasteiger partial charge is 0.300 e. The molecule has 0 saturated carbocycles. The lowest BCUT2D eigenvalue weighted by Gasteiger charge is -2.16. The molecular formula is C25H23N3O5. The van der Waals surface area contributed by atoms with Gasteiger partial charge in [-0.2, -0.15) is 0 Å². The number of fused-ring (bicyclic) bond motifs is 1. The standard InChI is InChI=1S/C25H23N3O5/c1-3-26-24(30)22-23(29)19-13-17(20-11-10-18(32-2)14-27-20)9-12-21(19)28(25(22)31)33-15-16-7-5-4-6-8-16/h4-14,29H,3,15H2,1-2H3,(H,26,30). The molecule has 2 N–H and O–H groups in total. The van der Waals surface area contributed by atoms with Gasteiger partial charge in [0.1, 0.15) is 23.7 Å². The number of amides is 1. The highest BCUT2D eigenvalue weighted by Gasteiger charge is 2.23. The molecular weight excluding hydrogens is 422 g/mol. The van der Waals surface area contributed by atoms with Crippen LogP contribution in [-0.2, 0) is 6.61 Å². The van der Waals surface area contributed by atoms with Crippen LogP contribution in [0.4, 0.5) is 0 Å². The topological polar surface area (TPSA) is 103 Å². The Bertz CT molecular complexity index is 1350. The fraction of sp³-hybridized carbons (Fsp3) is 0.160. The largest absolute Gasteiger partial charge is 0.506 e. The summed E-state index contributed by atoms with van der Waals surface area (Å²) in [5.74, 6) is -0.466. The number of methoxy groups -OCH3 is 1. The number of nitrogens with zero attached hydrogens (tertiary/aromatic N) is 2. The van der Waals surface area contributed by atoms with Gasteiger partial charge in [0, 0.05) is 17.5 Å². The molecule has 0 aliphatic heterocycles. The molecule has 4 aromatic rings. The molecule has 33 heavy (non-hydrogen) atoms. The number of hydrogen-bond donors (Lipinski definition) is 2. The lowest BCUT2D eigenvalue weighted by atomic mass is 10.0. The fourth-order valence-corrected chi connectivity index (χ4v) is 3.48. The summed E-state index contributed by atoms with van der Waals surface area (Å²) in [4.78, 5) is 36.0. The van der Waals surface area contributed by atoms with Crippen molar-refractivity contribution < 1.29 is 19.5 Å². The molecule has 0 unspecified atom stereocenters. The normalized spacial score (nSPS) is 10.7. The van der Waals surface area contributed by atoms with E-state index in [-0.39, 0.29) is 12.2 Å². The van der Waals surface area contributed by atoms with Crippen LogP contribution < -0.4 is 20.5 Å². The zero-order valence-corrected chi connectivity index (χ0v) is 18.2. The van der Waals surface area contributed by atoms with E-state index in [0.717, 1.165) is 10.3 Å². The van der Waals surface area contributed by atoms with Crippen LogP contribution in [0.25, 0.3) is 22.2 Å². The highest BCUT2D eigenvalue weighted by atomic mass is 16.7. The van der Waals surface area contributed by atoms with E-state index in [1.807, 2.05) is 30.3 Å². The van der Waals surface area contributed by atoms with E-state index in [4.69, 9.17) is 9.57 Å². The summed E-state index contributed by atoms with van der Waals surface area (Å²) in [7, 11) is 1.56. The molecule has 2 aromatic carbocycles. The summed E-state index contributed by atoms with van der Waals surface area (Å²) >= 11 is 0. The Hall–Kier alpha value is -4.33. The zero-order valence-electron chi connectivity index (χ0n) is 18.2. The molecule has 0 bridgehead atoms. The van der Waals surface area contributed by atoms with E-state index in [2.05, 4.69) is 10.3 Å². The Labute approximate surface area is 190 Å². The summed E-state index contributed by atoms with van der Waals surface area (Å²) in [6.45, 7) is 2.14. The first-order valence-electron chi connectivity index (χ1n) is 10.4. The van der Waals surface area contributed by atoms with E-state index >= 15 is 0 Å². The first-order valence-corrected chi connectivity index (χ1v) is 10.4. The van der Waals surface area contributed by atoms with Crippen molar-refractivity contribution in [3.05, 3.63) is 88.3 Å². The van der Waals surface area contributed by atoms with E-state index in [9.17, 15) is 14.7 Å². The second-order valence-electron chi connectivity index (χ2n) is 7.26. The number of aromatic nitrogens is 2. The molecule has 1 amide bonds. The third-order valence-electron chi connectivity index (χ3n) is 5.14. The monoisotopic (exact) mass is 445 g/mol. The molecule has 2 aromatic heterocycles. The summed E-state index contributed by atoms with van der Waals surface area (Å²) < 4.78 is 6.20. The molecule has 8 heteroatoms. The lowest BCUT2D eigenvalue weighted by Crippen LogP contribution is -2.35. The SMILES string of the molecule is CCNC(=O)c1c(O)c2cc(-c3ccc(OC)cn3)ccc2n(OCc2ccccc2)c1=O. The second-order valence-corrected chi connectivity index (χ2v) is 7.26. The Morgan fingerprint density at radius 2 is 1.91 bits per heavy atom. The van der Waals surface area contributed by atoms with Crippen molar-refractivity contribution >= 4 is 16.8 Å². The maximum atomic E-state index is 13.2. The van der Waals surface area contributed by atoms with E-state index < -0.39 is 17.2 Å². The molecule has 4 rings (SSSR count). The van der Waals surface area contributed by atoms with E-state index in [0.29, 0.717) is 34.5 Å². The van der Waals surface area contributed by atoms with Gasteiger partial charge in [-0.15, -0.1) is 4.73 Å². The Morgan fingerprint density at radius 1 is 1.12 bits per heavy atom. The lowest BCUT2D eigenvalue weighted by molar-refractivity contribution is 0.0899. The molecule has 2 heterocycles. The van der Waals surface area contributed by atoms with Crippen LogP contribution >= 0.6 is 0 Å². The van der Waals surface area contributed by atoms with Crippen molar-refractivity contribution in [1.29, 1.82) is 0 Å². The summed E-state index contributed by atoms with van der Waals surface area (Å²) in [5.41, 5.74) is 1.40. The van der Waals surface area contributed by atoms with Gasteiger partial charge in [-0.3, -0.25) is 14.6 Å². The predicted octanol–water partition coefficient (Wildman–Crippen LogP) is 3.16. The van der Waals surface area contributed by atoms with Gasteiger partial charge in [-0.05, 0) is 36.8 Å². The van der Waals surface area contributed by atoms with E-state index in [1.54, 1.807) is 50.6 Å².